The number of halogens is 3. The van der Waals surface area contributed by atoms with E-state index in [1.807, 2.05) is 11.6 Å². The standard InChI is InChI=1S/C17H16BrFNO2.HI/c1-16(2)15(21)13-12(19)5-4-11(18)14(13)17(16,22)10-6-8-20(3)9-7-10;/h4-9,22H,1-3H3;1H/q+1;/p-1. The molecule has 122 valence electrons. The number of ketones is 1. The van der Waals surface area contributed by atoms with Gasteiger partial charge in [-0.1, -0.05) is 15.9 Å². The predicted octanol–water partition coefficient (Wildman–Crippen LogP) is -0.125. The van der Waals surface area contributed by atoms with Gasteiger partial charge in [0.05, 0.1) is 11.0 Å². The van der Waals surface area contributed by atoms with Crippen LogP contribution < -0.4 is 28.5 Å². The molecule has 0 saturated carbocycles. The number of hydrogen-bond donors (Lipinski definition) is 1. The maximum Gasteiger partial charge on any atom is 0.175 e. The Bertz CT molecular complexity index is 792. The Kier molecular flexibility index (Phi) is 4.74. The van der Waals surface area contributed by atoms with Crippen LogP contribution in [0.25, 0.3) is 0 Å². The number of aliphatic hydroxyl groups is 1. The molecule has 1 atom stereocenters. The zero-order valence-electron chi connectivity index (χ0n) is 12.9. The van der Waals surface area contributed by atoms with Gasteiger partial charge in [0, 0.05) is 27.7 Å². The Morgan fingerprint density at radius 3 is 2.30 bits per heavy atom. The second-order valence-corrected chi connectivity index (χ2v) is 7.05. The third-order valence-corrected chi connectivity index (χ3v) is 5.22. The van der Waals surface area contributed by atoms with Gasteiger partial charge in [0.2, 0.25) is 0 Å². The molecule has 2 aromatic rings. The molecule has 0 aliphatic heterocycles. The number of rotatable bonds is 1. The largest absolute Gasteiger partial charge is 1.00 e. The number of nitrogens with zero attached hydrogens (tertiary/aromatic N) is 1. The van der Waals surface area contributed by atoms with E-state index in [0.717, 1.165) is 0 Å². The summed E-state index contributed by atoms with van der Waals surface area (Å²) >= 11 is 3.36. The van der Waals surface area contributed by atoms with E-state index in [1.165, 1.54) is 12.1 Å². The van der Waals surface area contributed by atoms with Crippen LogP contribution in [0.15, 0.2) is 41.1 Å². The lowest BCUT2D eigenvalue weighted by Gasteiger charge is -2.36. The predicted molar refractivity (Wildman–Crippen MR) is 82.8 cm³/mol. The van der Waals surface area contributed by atoms with Crippen molar-refractivity contribution in [3.05, 3.63) is 63.6 Å². The van der Waals surface area contributed by atoms with Crippen molar-refractivity contribution in [3.63, 3.8) is 0 Å². The number of aryl methyl sites for hydroxylation is 1. The average Bonchev–Trinajstić information content (AvgIpc) is 2.63. The van der Waals surface area contributed by atoms with Crippen LogP contribution in [0.5, 0.6) is 0 Å². The zero-order valence-corrected chi connectivity index (χ0v) is 16.6. The highest BCUT2D eigenvalue weighted by atomic mass is 127. The summed E-state index contributed by atoms with van der Waals surface area (Å²) in [6, 6.07) is 6.27. The number of aromatic nitrogens is 1. The Hall–Kier alpha value is -0.860. The second-order valence-electron chi connectivity index (χ2n) is 6.20. The van der Waals surface area contributed by atoms with Crippen LogP contribution in [-0.2, 0) is 12.6 Å². The van der Waals surface area contributed by atoms with E-state index >= 15 is 0 Å². The summed E-state index contributed by atoms with van der Waals surface area (Å²) in [5.74, 6) is -0.995. The molecule has 1 aliphatic rings. The Morgan fingerprint density at radius 1 is 1.17 bits per heavy atom. The second kappa shape index (κ2) is 5.89. The van der Waals surface area contributed by atoms with Gasteiger partial charge in [-0.2, -0.15) is 0 Å². The lowest BCUT2D eigenvalue weighted by atomic mass is 9.71. The highest BCUT2D eigenvalue weighted by Crippen LogP contribution is 2.55. The van der Waals surface area contributed by atoms with Gasteiger partial charge in [-0.05, 0) is 26.0 Å². The molecular formula is C17H16BrFINO2. The van der Waals surface area contributed by atoms with Crippen molar-refractivity contribution in [3.8, 4) is 0 Å². The van der Waals surface area contributed by atoms with Crippen LogP contribution in [0.4, 0.5) is 4.39 Å². The number of carbonyl (C=O) groups excluding carboxylic acids is 1. The number of Topliss-reactive ketones (excluding diaryl/α,β-unsaturated/α-hetero) is 1. The topological polar surface area (TPSA) is 41.2 Å². The molecule has 23 heavy (non-hydrogen) atoms. The molecule has 0 spiro atoms. The van der Waals surface area contributed by atoms with Crippen molar-refractivity contribution in [2.24, 2.45) is 12.5 Å². The van der Waals surface area contributed by atoms with Gasteiger partial charge in [-0.3, -0.25) is 4.79 Å². The summed E-state index contributed by atoms with van der Waals surface area (Å²) in [6.45, 7) is 3.29. The first kappa shape index (κ1) is 18.5. The average molecular weight is 492 g/mol. The van der Waals surface area contributed by atoms with E-state index in [0.29, 0.717) is 15.6 Å². The molecule has 0 saturated heterocycles. The third-order valence-electron chi connectivity index (χ3n) is 4.56. The van der Waals surface area contributed by atoms with Crippen LogP contribution in [0, 0.1) is 11.2 Å². The molecule has 6 heteroatoms. The van der Waals surface area contributed by atoms with Crippen LogP contribution in [0.3, 0.4) is 0 Å². The van der Waals surface area contributed by atoms with Crippen molar-refractivity contribution < 1.29 is 42.8 Å². The third kappa shape index (κ3) is 2.37. The first-order valence-corrected chi connectivity index (χ1v) is 7.72. The van der Waals surface area contributed by atoms with Gasteiger partial charge in [0.25, 0.3) is 0 Å². The van der Waals surface area contributed by atoms with Crippen molar-refractivity contribution in [2.75, 3.05) is 0 Å². The fourth-order valence-corrected chi connectivity index (χ4v) is 3.78. The molecule has 0 fully saturated rings. The van der Waals surface area contributed by atoms with Gasteiger partial charge in [0.15, 0.2) is 18.2 Å². The van der Waals surface area contributed by atoms with Crippen LogP contribution in [0.2, 0.25) is 0 Å². The smallest absolute Gasteiger partial charge is 0.175 e. The molecule has 0 radical (unpaired) electrons. The molecule has 1 aromatic carbocycles. The highest BCUT2D eigenvalue weighted by molar-refractivity contribution is 9.10. The molecule has 0 amide bonds. The Morgan fingerprint density at radius 2 is 1.74 bits per heavy atom. The van der Waals surface area contributed by atoms with E-state index in [9.17, 15) is 14.3 Å². The van der Waals surface area contributed by atoms with Crippen molar-refractivity contribution >= 4 is 21.7 Å². The number of benzene rings is 1. The van der Waals surface area contributed by atoms with Crippen molar-refractivity contribution in [1.29, 1.82) is 0 Å². The Balaban J connectivity index is 0.00000192. The van der Waals surface area contributed by atoms with E-state index in [1.54, 1.807) is 38.4 Å². The van der Waals surface area contributed by atoms with Gasteiger partial charge in [-0.15, -0.1) is 0 Å². The molecule has 1 heterocycles. The van der Waals surface area contributed by atoms with E-state index in [2.05, 4.69) is 15.9 Å². The number of pyridine rings is 1. The maximum atomic E-state index is 14.2. The molecule has 1 N–H and O–H groups in total. The van der Waals surface area contributed by atoms with E-state index in [-0.39, 0.29) is 29.5 Å². The molecular weight excluding hydrogens is 476 g/mol. The summed E-state index contributed by atoms with van der Waals surface area (Å²) in [4.78, 5) is 12.7. The minimum absolute atomic E-state index is 0. The van der Waals surface area contributed by atoms with E-state index < -0.39 is 22.6 Å². The summed E-state index contributed by atoms with van der Waals surface area (Å²) in [5, 5.41) is 11.5. The molecule has 1 aromatic heterocycles. The van der Waals surface area contributed by atoms with Crippen molar-refractivity contribution in [1.82, 2.24) is 0 Å². The minimum Gasteiger partial charge on any atom is -1.00 e. The zero-order chi connectivity index (χ0) is 16.3. The van der Waals surface area contributed by atoms with Gasteiger partial charge < -0.3 is 29.1 Å². The summed E-state index contributed by atoms with van der Waals surface area (Å²) in [5.41, 5.74) is -1.92. The summed E-state index contributed by atoms with van der Waals surface area (Å²) in [7, 11) is 1.86. The molecule has 3 rings (SSSR count). The quantitative estimate of drug-likeness (QED) is 0.446. The lowest BCUT2D eigenvalue weighted by Crippen LogP contribution is -3.00. The van der Waals surface area contributed by atoms with Gasteiger partial charge >= 0.3 is 0 Å². The van der Waals surface area contributed by atoms with Gasteiger partial charge in [-0.25, -0.2) is 8.96 Å². The number of carbonyl (C=O) groups is 1. The lowest BCUT2D eigenvalue weighted by molar-refractivity contribution is -0.671. The SMILES string of the molecule is C[n+]1ccc(C2(O)c3c(Br)ccc(F)c3C(=O)C2(C)C)cc1.[I-]. The summed E-state index contributed by atoms with van der Waals surface area (Å²) in [6.07, 6.45) is 3.58. The molecule has 0 bridgehead atoms. The monoisotopic (exact) mass is 491 g/mol. The first-order chi connectivity index (χ1) is 10.2. The van der Waals surface area contributed by atoms with Crippen LogP contribution in [-0.4, -0.2) is 10.9 Å². The minimum atomic E-state index is -1.59. The number of hydrogen-bond acceptors (Lipinski definition) is 2. The molecule has 1 unspecified atom stereocenters. The van der Waals surface area contributed by atoms with E-state index in [4.69, 9.17) is 0 Å². The maximum absolute atomic E-state index is 14.2. The number of fused-ring (bicyclic) bond motifs is 1. The van der Waals surface area contributed by atoms with Crippen molar-refractivity contribution in [2.45, 2.75) is 19.4 Å². The molecule has 1 aliphatic carbocycles. The molecule has 3 nitrogen and oxygen atoms in total. The summed E-state index contributed by atoms with van der Waals surface area (Å²) < 4.78 is 16.6. The fraction of sp³-hybridized carbons (Fsp3) is 0.294. The van der Waals surface area contributed by atoms with Crippen LogP contribution >= 0.6 is 15.9 Å². The first-order valence-electron chi connectivity index (χ1n) is 6.92. The highest BCUT2D eigenvalue weighted by Gasteiger charge is 2.60. The van der Waals surface area contributed by atoms with Crippen LogP contribution in [0.1, 0.15) is 35.3 Å². The van der Waals surface area contributed by atoms with Gasteiger partial charge in [0.1, 0.15) is 18.5 Å². The normalized spacial score (nSPS) is 21.7. The fourth-order valence-electron chi connectivity index (χ4n) is 3.16. The Labute approximate surface area is 159 Å².